The van der Waals surface area contributed by atoms with Crippen molar-refractivity contribution >= 4 is 11.9 Å². The van der Waals surface area contributed by atoms with Crippen LogP contribution in [0.4, 0.5) is 13.2 Å². The molecule has 0 amide bonds. The molecule has 0 aliphatic rings. The number of halogens is 3. The highest BCUT2D eigenvalue weighted by molar-refractivity contribution is 6.00. The van der Waals surface area contributed by atoms with E-state index in [-0.39, 0.29) is 5.56 Å². The number of rotatable bonds is 5. The van der Waals surface area contributed by atoms with Crippen LogP contribution in [0.15, 0.2) is 54.6 Å². The van der Waals surface area contributed by atoms with Gasteiger partial charge in [-0.25, -0.2) is 0 Å². The second-order valence-corrected chi connectivity index (χ2v) is 5.17. The summed E-state index contributed by atoms with van der Waals surface area (Å²) in [5.41, 5.74) is 1.94. The number of ether oxygens (including phenoxy) is 2. The largest absolute Gasteiger partial charge is 0.468 e. The fourth-order valence-electron chi connectivity index (χ4n) is 2.22. The van der Waals surface area contributed by atoms with Crippen molar-refractivity contribution in [2.24, 2.45) is 0 Å². The molecular weight excluding hydrogens is 337 g/mol. The summed E-state index contributed by atoms with van der Waals surface area (Å²) < 4.78 is 45.3. The van der Waals surface area contributed by atoms with Gasteiger partial charge in [-0.05, 0) is 16.7 Å². The van der Waals surface area contributed by atoms with Crippen molar-refractivity contribution in [3.63, 3.8) is 0 Å². The first kappa shape index (κ1) is 18.5. The average molecular weight is 352 g/mol. The van der Waals surface area contributed by atoms with Gasteiger partial charge in [0.05, 0.1) is 7.11 Å². The molecule has 0 aliphatic heterocycles. The Morgan fingerprint density at radius 1 is 0.920 bits per heavy atom. The molecular formula is C18H15F3O4. The Bertz CT molecular complexity index is 724. The van der Waals surface area contributed by atoms with Crippen molar-refractivity contribution in [1.29, 1.82) is 0 Å². The molecule has 1 atom stereocenters. The van der Waals surface area contributed by atoms with E-state index in [0.29, 0.717) is 0 Å². The van der Waals surface area contributed by atoms with Gasteiger partial charge in [0.25, 0.3) is 0 Å². The average Bonchev–Trinajstić information content (AvgIpc) is 2.61. The highest BCUT2D eigenvalue weighted by atomic mass is 19.4. The van der Waals surface area contributed by atoms with Gasteiger partial charge in [0.1, 0.15) is 0 Å². The zero-order chi connectivity index (χ0) is 18.4. The highest BCUT2D eigenvalue weighted by Gasteiger charge is 2.35. The summed E-state index contributed by atoms with van der Waals surface area (Å²) >= 11 is 0. The topological polar surface area (TPSA) is 52.6 Å². The SMILES string of the molecule is COC(=O)C(C(=O)OCC(F)(F)F)c1ccc(-c2ccccc2)cc1. The quantitative estimate of drug-likeness (QED) is 0.608. The lowest BCUT2D eigenvalue weighted by Gasteiger charge is -2.15. The zero-order valence-electron chi connectivity index (χ0n) is 13.2. The van der Waals surface area contributed by atoms with Crippen molar-refractivity contribution in [3.8, 4) is 11.1 Å². The molecule has 132 valence electrons. The third kappa shape index (κ3) is 5.07. The number of alkyl halides is 3. The molecule has 2 rings (SSSR count). The van der Waals surface area contributed by atoms with Gasteiger partial charge in [-0.3, -0.25) is 9.59 Å². The van der Waals surface area contributed by atoms with Gasteiger partial charge in [-0.2, -0.15) is 13.2 Å². The summed E-state index contributed by atoms with van der Waals surface area (Å²) in [6.07, 6.45) is -4.67. The minimum Gasteiger partial charge on any atom is -0.468 e. The van der Waals surface area contributed by atoms with Crippen LogP contribution in [0.5, 0.6) is 0 Å². The maximum absolute atomic E-state index is 12.2. The minimum absolute atomic E-state index is 0.193. The number of methoxy groups -OCH3 is 1. The maximum Gasteiger partial charge on any atom is 0.422 e. The molecule has 4 nitrogen and oxygen atoms in total. The Balaban J connectivity index is 2.23. The lowest BCUT2D eigenvalue weighted by Crippen LogP contribution is -2.29. The second-order valence-electron chi connectivity index (χ2n) is 5.17. The molecule has 0 spiro atoms. The molecule has 0 N–H and O–H groups in total. The number of esters is 2. The van der Waals surface area contributed by atoms with Crippen molar-refractivity contribution in [2.75, 3.05) is 13.7 Å². The first-order chi connectivity index (χ1) is 11.8. The fraction of sp³-hybridized carbons (Fsp3) is 0.222. The molecule has 1 unspecified atom stereocenters. The fourth-order valence-corrected chi connectivity index (χ4v) is 2.22. The van der Waals surface area contributed by atoms with Gasteiger partial charge >= 0.3 is 18.1 Å². The Morgan fingerprint density at radius 2 is 1.48 bits per heavy atom. The van der Waals surface area contributed by atoms with E-state index in [1.807, 2.05) is 30.3 Å². The molecule has 0 aliphatic carbocycles. The van der Waals surface area contributed by atoms with Crippen LogP contribution < -0.4 is 0 Å². The van der Waals surface area contributed by atoms with Crippen LogP contribution >= 0.6 is 0 Å². The Hall–Kier alpha value is -2.83. The molecule has 0 aromatic heterocycles. The molecule has 7 heteroatoms. The molecule has 0 radical (unpaired) electrons. The van der Waals surface area contributed by atoms with Gasteiger partial charge in [-0.1, -0.05) is 54.6 Å². The van der Waals surface area contributed by atoms with Crippen LogP contribution in [0.3, 0.4) is 0 Å². The van der Waals surface area contributed by atoms with E-state index >= 15 is 0 Å². The van der Waals surface area contributed by atoms with Crippen LogP contribution in [-0.2, 0) is 19.1 Å². The molecule has 0 fully saturated rings. The maximum atomic E-state index is 12.2. The molecule has 0 heterocycles. The summed E-state index contributed by atoms with van der Waals surface area (Å²) in [6.45, 7) is -1.76. The minimum atomic E-state index is -4.67. The lowest BCUT2D eigenvalue weighted by molar-refractivity contribution is -0.189. The molecule has 2 aromatic carbocycles. The van der Waals surface area contributed by atoms with Crippen molar-refractivity contribution in [3.05, 3.63) is 60.2 Å². The van der Waals surface area contributed by atoms with Gasteiger partial charge < -0.3 is 9.47 Å². The first-order valence-electron chi connectivity index (χ1n) is 7.28. The van der Waals surface area contributed by atoms with Crippen LogP contribution in [0.1, 0.15) is 11.5 Å². The second kappa shape index (κ2) is 7.83. The Morgan fingerprint density at radius 3 is 2.00 bits per heavy atom. The third-order valence-electron chi connectivity index (χ3n) is 3.40. The number of hydrogen-bond acceptors (Lipinski definition) is 4. The first-order valence-corrected chi connectivity index (χ1v) is 7.28. The predicted molar refractivity (Wildman–Crippen MR) is 83.6 cm³/mol. The summed E-state index contributed by atoms with van der Waals surface area (Å²) in [6, 6.07) is 15.6. The van der Waals surface area contributed by atoms with E-state index in [2.05, 4.69) is 9.47 Å². The van der Waals surface area contributed by atoms with E-state index in [1.165, 1.54) is 12.1 Å². The summed E-state index contributed by atoms with van der Waals surface area (Å²) in [5.74, 6) is -3.87. The molecule has 2 aromatic rings. The summed E-state index contributed by atoms with van der Waals surface area (Å²) in [4.78, 5) is 23.8. The molecule has 0 saturated heterocycles. The summed E-state index contributed by atoms with van der Waals surface area (Å²) in [7, 11) is 1.05. The van der Waals surface area contributed by atoms with Gasteiger partial charge in [0.15, 0.2) is 12.5 Å². The number of benzene rings is 2. The Labute approximate surface area is 142 Å². The number of carbonyl (C=O) groups is 2. The van der Waals surface area contributed by atoms with Gasteiger partial charge in [0.2, 0.25) is 0 Å². The van der Waals surface area contributed by atoms with Crippen LogP contribution in [0.2, 0.25) is 0 Å². The van der Waals surface area contributed by atoms with E-state index < -0.39 is 30.6 Å². The van der Waals surface area contributed by atoms with E-state index in [9.17, 15) is 22.8 Å². The smallest absolute Gasteiger partial charge is 0.422 e. The Kier molecular flexibility index (Phi) is 5.80. The molecule has 25 heavy (non-hydrogen) atoms. The van der Waals surface area contributed by atoms with Gasteiger partial charge in [0, 0.05) is 0 Å². The van der Waals surface area contributed by atoms with E-state index in [1.54, 1.807) is 12.1 Å². The van der Waals surface area contributed by atoms with Crippen LogP contribution in [0.25, 0.3) is 11.1 Å². The standard InChI is InChI=1S/C18H15F3O4/c1-24-16(22)15(17(23)25-11-18(19,20)21)14-9-7-13(8-10-14)12-5-3-2-4-6-12/h2-10,15H,11H2,1H3. The molecule has 0 bridgehead atoms. The monoisotopic (exact) mass is 352 g/mol. The number of carbonyl (C=O) groups excluding carboxylic acids is 2. The van der Waals surface area contributed by atoms with Crippen LogP contribution in [0, 0.1) is 0 Å². The van der Waals surface area contributed by atoms with Crippen molar-refractivity contribution < 1.29 is 32.2 Å². The van der Waals surface area contributed by atoms with Crippen molar-refractivity contribution in [2.45, 2.75) is 12.1 Å². The molecule has 0 saturated carbocycles. The van der Waals surface area contributed by atoms with Crippen LogP contribution in [-0.4, -0.2) is 31.8 Å². The van der Waals surface area contributed by atoms with E-state index in [0.717, 1.165) is 18.2 Å². The normalized spacial score (nSPS) is 12.3. The predicted octanol–water partition coefficient (Wildman–Crippen LogP) is 3.72. The van der Waals surface area contributed by atoms with E-state index in [4.69, 9.17) is 0 Å². The number of hydrogen-bond donors (Lipinski definition) is 0. The highest BCUT2D eigenvalue weighted by Crippen LogP contribution is 2.25. The van der Waals surface area contributed by atoms with Gasteiger partial charge in [-0.15, -0.1) is 0 Å². The lowest BCUT2D eigenvalue weighted by atomic mass is 9.96. The summed E-state index contributed by atoms with van der Waals surface area (Å²) in [5, 5.41) is 0. The third-order valence-corrected chi connectivity index (χ3v) is 3.40. The zero-order valence-corrected chi connectivity index (χ0v) is 13.2. The van der Waals surface area contributed by atoms with Crippen molar-refractivity contribution in [1.82, 2.24) is 0 Å².